The Hall–Kier alpha value is -2.21. The average molecular weight is 561 g/mol. The van der Waals surface area contributed by atoms with E-state index in [2.05, 4.69) is 45.4 Å². The fourth-order valence-corrected chi connectivity index (χ4v) is 7.72. The first kappa shape index (κ1) is 26.4. The number of ether oxygens (including phenoxy) is 2. The van der Waals surface area contributed by atoms with Gasteiger partial charge in [0.1, 0.15) is 5.00 Å². The molecule has 0 bridgehead atoms. The van der Waals surface area contributed by atoms with E-state index in [4.69, 9.17) is 9.47 Å². The van der Waals surface area contributed by atoms with Crippen molar-refractivity contribution < 1.29 is 19.1 Å². The molecule has 37 heavy (non-hydrogen) atoms. The first-order chi connectivity index (χ1) is 17.9. The highest BCUT2D eigenvalue weighted by atomic mass is 32.2. The van der Waals surface area contributed by atoms with Gasteiger partial charge in [0.15, 0.2) is 11.0 Å². The van der Waals surface area contributed by atoms with Gasteiger partial charge in [-0.05, 0) is 63.5 Å². The molecule has 1 aliphatic heterocycles. The fourth-order valence-electron chi connectivity index (χ4n) is 4.88. The number of thiophene rings is 2. The zero-order valence-corrected chi connectivity index (χ0v) is 23.8. The molecule has 1 aliphatic carbocycles. The van der Waals surface area contributed by atoms with E-state index >= 15 is 0 Å². The van der Waals surface area contributed by atoms with Crippen LogP contribution in [-0.4, -0.2) is 51.7 Å². The number of esters is 1. The SMILES string of the molecule is CCOC(=O)c1c(NC(=O)CSc2nnc(-c3csc(C)c3)n2CC2CCCO2)sc2c1CCC(C)C2. The standard InChI is InChI=1S/C26H32N4O4S3/c1-4-33-25(32)22-19-8-7-15(2)10-20(19)37-24(22)27-21(31)14-36-26-29-28-23(17-11-16(3)35-13-17)30(26)12-18-6-5-9-34-18/h11,13,15,18H,4-10,12,14H2,1-3H3,(H,27,31). The number of aryl methyl sites for hydroxylation is 1. The minimum Gasteiger partial charge on any atom is -0.462 e. The van der Waals surface area contributed by atoms with Gasteiger partial charge in [0, 0.05) is 27.3 Å². The summed E-state index contributed by atoms with van der Waals surface area (Å²) >= 11 is 4.54. The maximum absolute atomic E-state index is 13.1. The van der Waals surface area contributed by atoms with Crippen molar-refractivity contribution in [3.8, 4) is 11.4 Å². The zero-order chi connectivity index (χ0) is 25.9. The molecule has 0 saturated carbocycles. The summed E-state index contributed by atoms with van der Waals surface area (Å²) in [6.45, 7) is 7.82. The van der Waals surface area contributed by atoms with E-state index in [0.717, 1.165) is 55.7 Å². The maximum Gasteiger partial charge on any atom is 0.341 e. The summed E-state index contributed by atoms with van der Waals surface area (Å²) in [7, 11) is 0. The number of rotatable bonds is 9. The number of carbonyl (C=O) groups excluding carboxylic acids is 2. The molecule has 0 aromatic carbocycles. The highest BCUT2D eigenvalue weighted by molar-refractivity contribution is 7.99. The molecule has 1 N–H and O–H groups in total. The first-order valence-corrected chi connectivity index (χ1v) is 15.5. The molecule has 2 unspecified atom stereocenters. The number of hydrogen-bond donors (Lipinski definition) is 1. The molecule has 2 aliphatic rings. The van der Waals surface area contributed by atoms with Crippen LogP contribution >= 0.6 is 34.4 Å². The molecule has 4 heterocycles. The second-order valence-corrected chi connectivity index (χ2v) is 12.8. The van der Waals surface area contributed by atoms with Crippen LogP contribution in [-0.2, 0) is 33.7 Å². The van der Waals surface area contributed by atoms with Crippen LogP contribution in [0.25, 0.3) is 11.4 Å². The summed E-state index contributed by atoms with van der Waals surface area (Å²) in [6.07, 6.45) is 4.97. The van der Waals surface area contributed by atoms with Crippen molar-refractivity contribution in [2.45, 2.75) is 70.7 Å². The van der Waals surface area contributed by atoms with Crippen LogP contribution in [0.15, 0.2) is 16.6 Å². The van der Waals surface area contributed by atoms with E-state index in [1.807, 2.05) is 0 Å². The number of nitrogens with zero attached hydrogens (tertiary/aromatic N) is 3. The molecular formula is C26H32N4O4S3. The van der Waals surface area contributed by atoms with Crippen molar-refractivity contribution in [1.29, 1.82) is 0 Å². The Morgan fingerprint density at radius 1 is 1.32 bits per heavy atom. The summed E-state index contributed by atoms with van der Waals surface area (Å²) in [5, 5.41) is 15.3. The van der Waals surface area contributed by atoms with E-state index in [0.29, 0.717) is 34.8 Å². The van der Waals surface area contributed by atoms with Crippen molar-refractivity contribution in [3.63, 3.8) is 0 Å². The van der Waals surface area contributed by atoms with Gasteiger partial charge < -0.3 is 14.8 Å². The van der Waals surface area contributed by atoms with E-state index in [-0.39, 0.29) is 23.7 Å². The van der Waals surface area contributed by atoms with Crippen molar-refractivity contribution in [2.75, 3.05) is 24.3 Å². The number of amides is 1. The molecule has 8 nitrogen and oxygen atoms in total. The molecule has 2 atom stereocenters. The van der Waals surface area contributed by atoms with Crippen molar-refractivity contribution in [3.05, 3.63) is 32.3 Å². The van der Waals surface area contributed by atoms with Gasteiger partial charge in [0.05, 0.1) is 30.6 Å². The number of nitrogens with one attached hydrogen (secondary N) is 1. The predicted molar refractivity (Wildman–Crippen MR) is 148 cm³/mol. The van der Waals surface area contributed by atoms with Crippen LogP contribution in [0.4, 0.5) is 5.00 Å². The predicted octanol–water partition coefficient (Wildman–Crippen LogP) is 5.59. The van der Waals surface area contributed by atoms with Crippen molar-refractivity contribution >= 4 is 51.3 Å². The van der Waals surface area contributed by atoms with Crippen LogP contribution in [0, 0.1) is 12.8 Å². The number of anilines is 1. The van der Waals surface area contributed by atoms with Crippen LogP contribution in [0.2, 0.25) is 0 Å². The topological polar surface area (TPSA) is 95.3 Å². The van der Waals surface area contributed by atoms with Gasteiger partial charge >= 0.3 is 5.97 Å². The highest BCUT2D eigenvalue weighted by Gasteiger charge is 2.29. The number of thioether (sulfide) groups is 1. The largest absolute Gasteiger partial charge is 0.462 e. The van der Waals surface area contributed by atoms with Gasteiger partial charge in [-0.3, -0.25) is 9.36 Å². The van der Waals surface area contributed by atoms with E-state index < -0.39 is 0 Å². The molecule has 0 spiro atoms. The van der Waals surface area contributed by atoms with Crippen LogP contribution in [0.3, 0.4) is 0 Å². The molecule has 3 aromatic rings. The molecule has 1 fully saturated rings. The molecule has 3 aromatic heterocycles. The van der Waals surface area contributed by atoms with Crippen molar-refractivity contribution in [2.24, 2.45) is 5.92 Å². The molecular weight excluding hydrogens is 529 g/mol. The lowest BCUT2D eigenvalue weighted by atomic mass is 9.88. The first-order valence-electron chi connectivity index (χ1n) is 12.8. The van der Waals surface area contributed by atoms with E-state index in [9.17, 15) is 9.59 Å². The second-order valence-electron chi connectivity index (χ2n) is 9.61. The summed E-state index contributed by atoms with van der Waals surface area (Å²) in [5.41, 5.74) is 2.60. The Morgan fingerprint density at radius 2 is 2.19 bits per heavy atom. The third kappa shape index (κ3) is 5.94. The van der Waals surface area contributed by atoms with Crippen LogP contribution < -0.4 is 5.32 Å². The molecule has 1 amide bonds. The lowest BCUT2D eigenvalue weighted by Gasteiger charge is -2.18. The summed E-state index contributed by atoms with van der Waals surface area (Å²) < 4.78 is 13.3. The minimum absolute atomic E-state index is 0.120. The Bertz CT molecular complexity index is 1270. The number of hydrogen-bond acceptors (Lipinski definition) is 9. The van der Waals surface area contributed by atoms with Crippen molar-refractivity contribution in [1.82, 2.24) is 14.8 Å². The van der Waals surface area contributed by atoms with Gasteiger partial charge in [0.2, 0.25) is 5.91 Å². The molecule has 11 heteroatoms. The van der Waals surface area contributed by atoms with Gasteiger partial charge in [-0.1, -0.05) is 18.7 Å². The Balaban J connectivity index is 1.33. The third-order valence-corrected chi connectivity index (χ3v) is 9.69. The zero-order valence-electron chi connectivity index (χ0n) is 21.4. The summed E-state index contributed by atoms with van der Waals surface area (Å²) in [6, 6.07) is 2.11. The van der Waals surface area contributed by atoms with Gasteiger partial charge in [-0.25, -0.2) is 4.79 Å². The number of fused-ring (bicyclic) bond motifs is 1. The van der Waals surface area contributed by atoms with Gasteiger partial charge in [0.25, 0.3) is 0 Å². The molecule has 0 radical (unpaired) electrons. The van der Waals surface area contributed by atoms with Crippen LogP contribution in [0.5, 0.6) is 0 Å². The van der Waals surface area contributed by atoms with Gasteiger partial charge in [-0.2, -0.15) is 0 Å². The highest BCUT2D eigenvalue weighted by Crippen LogP contribution is 2.40. The average Bonchev–Trinajstić information content (AvgIpc) is 3.65. The number of aromatic nitrogens is 3. The monoisotopic (exact) mass is 560 g/mol. The normalized spacial score (nSPS) is 19.1. The lowest BCUT2D eigenvalue weighted by Crippen LogP contribution is -2.19. The maximum atomic E-state index is 13.1. The van der Waals surface area contributed by atoms with Gasteiger partial charge in [-0.15, -0.1) is 32.9 Å². The molecule has 198 valence electrons. The summed E-state index contributed by atoms with van der Waals surface area (Å²) in [5.74, 6) is 0.989. The second kappa shape index (κ2) is 11.7. The van der Waals surface area contributed by atoms with Crippen LogP contribution in [0.1, 0.15) is 58.8 Å². The Labute approximate surface area is 229 Å². The molecule has 5 rings (SSSR count). The minimum atomic E-state index is -0.357. The quantitative estimate of drug-likeness (QED) is 0.269. The fraction of sp³-hybridized carbons (Fsp3) is 0.538. The van der Waals surface area contributed by atoms with E-state index in [1.165, 1.54) is 32.9 Å². The summed E-state index contributed by atoms with van der Waals surface area (Å²) in [4.78, 5) is 28.2. The molecule has 1 saturated heterocycles. The Kier molecular flexibility index (Phi) is 8.33. The number of carbonyl (C=O) groups is 2. The Morgan fingerprint density at radius 3 is 2.92 bits per heavy atom. The lowest BCUT2D eigenvalue weighted by molar-refractivity contribution is -0.113. The smallest absolute Gasteiger partial charge is 0.341 e. The van der Waals surface area contributed by atoms with E-state index in [1.54, 1.807) is 18.3 Å². The third-order valence-electron chi connectivity index (χ3n) is 6.69.